The van der Waals surface area contributed by atoms with Crippen molar-refractivity contribution in [1.29, 1.82) is 0 Å². The summed E-state index contributed by atoms with van der Waals surface area (Å²) in [6.45, 7) is 3.47. The van der Waals surface area contributed by atoms with Crippen LogP contribution in [0.3, 0.4) is 0 Å². The maximum atomic E-state index is 12.2. The first kappa shape index (κ1) is 22.5. The van der Waals surface area contributed by atoms with Crippen LogP contribution in [0.5, 0.6) is 17.2 Å². The smallest absolute Gasteiger partial charge is 0.262 e. The van der Waals surface area contributed by atoms with Gasteiger partial charge in [0.05, 0.1) is 19.1 Å². The molecule has 29 heavy (non-hydrogen) atoms. The summed E-state index contributed by atoms with van der Waals surface area (Å²) in [6, 6.07) is 10.7. The van der Waals surface area contributed by atoms with Gasteiger partial charge < -0.3 is 19.5 Å². The standard InChI is InChI=1S/C20H26N2O6S/c1-5-14(2)22-29(24,25)17-9-7-16(8-10-17)28-13-20(23)21-15-6-11-18(26-3)19(12-15)27-4/h6-12,14,22H,5,13H2,1-4H3,(H,21,23)/t14-/m1/s1. The Kier molecular flexibility index (Phi) is 7.86. The lowest BCUT2D eigenvalue weighted by molar-refractivity contribution is -0.118. The number of amides is 1. The molecule has 2 aromatic rings. The molecule has 0 unspecified atom stereocenters. The number of methoxy groups -OCH3 is 2. The zero-order valence-electron chi connectivity index (χ0n) is 16.9. The molecule has 1 amide bonds. The Balaban J connectivity index is 1.94. The fourth-order valence-corrected chi connectivity index (χ4v) is 3.72. The van der Waals surface area contributed by atoms with E-state index in [1.165, 1.54) is 38.5 Å². The Hall–Kier alpha value is -2.78. The number of anilines is 1. The molecule has 2 N–H and O–H groups in total. The molecule has 0 fully saturated rings. The molecule has 1 atom stereocenters. The highest BCUT2D eigenvalue weighted by atomic mass is 32.2. The van der Waals surface area contributed by atoms with E-state index in [0.717, 1.165) is 0 Å². The molecule has 0 radical (unpaired) electrons. The predicted octanol–water partition coefficient (Wildman–Crippen LogP) is 2.80. The second-order valence-electron chi connectivity index (χ2n) is 6.31. The Morgan fingerprint density at radius 1 is 1.03 bits per heavy atom. The van der Waals surface area contributed by atoms with Crippen molar-refractivity contribution >= 4 is 21.6 Å². The number of nitrogens with one attached hydrogen (secondary N) is 2. The van der Waals surface area contributed by atoms with E-state index in [2.05, 4.69) is 10.0 Å². The van der Waals surface area contributed by atoms with Crippen LogP contribution in [0.2, 0.25) is 0 Å². The second kappa shape index (κ2) is 10.1. The zero-order valence-corrected chi connectivity index (χ0v) is 17.7. The molecule has 0 heterocycles. The zero-order chi connectivity index (χ0) is 21.4. The largest absolute Gasteiger partial charge is 0.493 e. The summed E-state index contributed by atoms with van der Waals surface area (Å²) < 4.78 is 42.9. The molecule has 8 nitrogen and oxygen atoms in total. The van der Waals surface area contributed by atoms with Crippen LogP contribution in [0.4, 0.5) is 5.69 Å². The van der Waals surface area contributed by atoms with Gasteiger partial charge in [-0.25, -0.2) is 13.1 Å². The molecule has 2 aromatic carbocycles. The summed E-state index contributed by atoms with van der Waals surface area (Å²) in [7, 11) is -0.542. The Morgan fingerprint density at radius 2 is 1.69 bits per heavy atom. The van der Waals surface area contributed by atoms with E-state index in [1.54, 1.807) is 25.1 Å². The average Bonchev–Trinajstić information content (AvgIpc) is 2.72. The highest BCUT2D eigenvalue weighted by Crippen LogP contribution is 2.29. The van der Waals surface area contributed by atoms with E-state index < -0.39 is 10.0 Å². The number of carbonyl (C=O) groups is 1. The van der Waals surface area contributed by atoms with Crippen molar-refractivity contribution in [3.8, 4) is 17.2 Å². The number of rotatable bonds is 10. The minimum Gasteiger partial charge on any atom is -0.493 e. The third-order valence-electron chi connectivity index (χ3n) is 4.14. The van der Waals surface area contributed by atoms with Gasteiger partial charge in [-0.05, 0) is 49.7 Å². The van der Waals surface area contributed by atoms with E-state index in [1.807, 2.05) is 6.92 Å². The Bertz CT molecular complexity index is 928. The van der Waals surface area contributed by atoms with Gasteiger partial charge in [0.2, 0.25) is 10.0 Å². The quantitative estimate of drug-likeness (QED) is 0.610. The Morgan fingerprint density at radius 3 is 2.28 bits per heavy atom. The molecule has 0 spiro atoms. The van der Waals surface area contributed by atoms with Crippen LogP contribution in [0.15, 0.2) is 47.4 Å². The minimum absolute atomic E-state index is 0.139. The van der Waals surface area contributed by atoms with Crippen LogP contribution in [0, 0.1) is 0 Å². The van der Waals surface area contributed by atoms with Crippen molar-refractivity contribution in [3.05, 3.63) is 42.5 Å². The third-order valence-corrected chi connectivity index (χ3v) is 5.75. The summed E-state index contributed by atoms with van der Waals surface area (Å²) in [6.07, 6.45) is 0.690. The van der Waals surface area contributed by atoms with Gasteiger partial charge in [0.15, 0.2) is 18.1 Å². The molecule has 0 aromatic heterocycles. The molecule has 0 saturated carbocycles. The number of ether oxygens (including phenoxy) is 3. The van der Waals surface area contributed by atoms with Gasteiger partial charge in [-0.15, -0.1) is 0 Å². The summed E-state index contributed by atoms with van der Waals surface area (Å²) in [4.78, 5) is 12.2. The average molecular weight is 423 g/mol. The van der Waals surface area contributed by atoms with Crippen LogP contribution in [0.25, 0.3) is 0 Å². The van der Waals surface area contributed by atoms with Crippen molar-refractivity contribution in [2.24, 2.45) is 0 Å². The van der Waals surface area contributed by atoms with E-state index >= 15 is 0 Å². The molecule has 2 rings (SSSR count). The van der Waals surface area contributed by atoms with E-state index in [0.29, 0.717) is 29.4 Å². The first-order valence-corrected chi connectivity index (χ1v) is 10.5. The van der Waals surface area contributed by atoms with E-state index in [4.69, 9.17) is 14.2 Å². The molecule has 0 saturated heterocycles. The SMILES string of the molecule is CC[C@@H](C)NS(=O)(=O)c1ccc(OCC(=O)Nc2ccc(OC)c(OC)c2)cc1. The molecule has 0 aliphatic rings. The number of benzene rings is 2. The van der Waals surface area contributed by atoms with Crippen LogP contribution in [0.1, 0.15) is 20.3 Å². The van der Waals surface area contributed by atoms with Crippen LogP contribution in [-0.4, -0.2) is 41.2 Å². The number of sulfonamides is 1. The lowest BCUT2D eigenvalue weighted by Gasteiger charge is -2.13. The highest BCUT2D eigenvalue weighted by Gasteiger charge is 2.16. The van der Waals surface area contributed by atoms with Gasteiger partial charge in [-0.3, -0.25) is 4.79 Å². The van der Waals surface area contributed by atoms with E-state index in [9.17, 15) is 13.2 Å². The summed E-state index contributed by atoms with van der Waals surface area (Å²) in [5.74, 6) is 1.07. The second-order valence-corrected chi connectivity index (χ2v) is 8.02. The van der Waals surface area contributed by atoms with Crippen LogP contribution >= 0.6 is 0 Å². The van der Waals surface area contributed by atoms with Gasteiger partial charge in [0.1, 0.15) is 5.75 Å². The lowest BCUT2D eigenvalue weighted by atomic mass is 10.2. The fraction of sp³-hybridized carbons (Fsp3) is 0.350. The molecular weight excluding hydrogens is 396 g/mol. The van der Waals surface area contributed by atoms with Crippen molar-refractivity contribution in [2.75, 3.05) is 26.1 Å². The van der Waals surface area contributed by atoms with Gasteiger partial charge in [-0.1, -0.05) is 6.92 Å². The Labute approximate surface area is 171 Å². The third kappa shape index (κ3) is 6.37. The molecule has 9 heteroatoms. The summed E-state index contributed by atoms with van der Waals surface area (Å²) in [5.41, 5.74) is 0.536. The fourth-order valence-electron chi connectivity index (χ4n) is 2.39. The van der Waals surface area contributed by atoms with Gasteiger partial charge >= 0.3 is 0 Å². The maximum Gasteiger partial charge on any atom is 0.262 e. The highest BCUT2D eigenvalue weighted by molar-refractivity contribution is 7.89. The molecule has 0 aliphatic heterocycles. The van der Waals surface area contributed by atoms with Crippen molar-refractivity contribution in [3.63, 3.8) is 0 Å². The van der Waals surface area contributed by atoms with Gasteiger partial charge in [-0.2, -0.15) is 0 Å². The van der Waals surface area contributed by atoms with Crippen molar-refractivity contribution in [1.82, 2.24) is 4.72 Å². The number of hydrogen-bond donors (Lipinski definition) is 2. The predicted molar refractivity (Wildman–Crippen MR) is 110 cm³/mol. The first-order chi connectivity index (χ1) is 13.8. The maximum absolute atomic E-state index is 12.2. The molecular formula is C20H26N2O6S. The molecule has 0 aliphatic carbocycles. The van der Waals surface area contributed by atoms with Crippen molar-refractivity contribution in [2.45, 2.75) is 31.2 Å². The lowest BCUT2D eigenvalue weighted by Crippen LogP contribution is -2.31. The molecule has 0 bridgehead atoms. The van der Waals surface area contributed by atoms with E-state index in [-0.39, 0.29) is 23.5 Å². The summed E-state index contributed by atoms with van der Waals surface area (Å²) in [5, 5.41) is 2.70. The number of hydrogen-bond acceptors (Lipinski definition) is 6. The summed E-state index contributed by atoms with van der Waals surface area (Å²) >= 11 is 0. The minimum atomic E-state index is -3.58. The molecule has 158 valence electrons. The van der Waals surface area contributed by atoms with Gasteiger partial charge in [0, 0.05) is 17.8 Å². The van der Waals surface area contributed by atoms with Crippen LogP contribution < -0.4 is 24.2 Å². The van der Waals surface area contributed by atoms with Crippen molar-refractivity contribution < 1.29 is 27.4 Å². The topological polar surface area (TPSA) is 103 Å². The monoisotopic (exact) mass is 422 g/mol. The van der Waals surface area contributed by atoms with Crippen LogP contribution in [-0.2, 0) is 14.8 Å². The van der Waals surface area contributed by atoms with Gasteiger partial charge in [0.25, 0.3) is 5.91 Å². The number of carbonyl (C=O) groups excluding carboxylic acids is 1. The first-order valence-electron chi connectivity index (χ1n) is 9.06. The normalized spacial score (nSPS) is 12.1.